The summed E-state index contributed by atoms with van der Waals surface area (Å²) in [7, 11) is 0. The van der Waals surface area contributed by atoms with E-state index in [0.29, 0.717) is 28.0 Å². The van der Waals surface area contributed by atoms with Crippen LogP contribution < -0.4 is 16.2 Å². The Morgan fingerprint density at radius 3 is 2.21 bits per heavy atom. The van der Waals surface area contributed by atoms with Crippen LogP contribution in [-0.4, -0.2) is 6.61 Å². The summed E-state index contributed by atoms with van der Waals surface area (Å²) in [6.45, 7) is 2.60. The zero-order valence-corrected chi connectivity index (χ0v) is 12.1. The monoisotopic (exact) mass is 298 g/mol. The zero-order chi connectivity index (χ0) is 14.3. The van der Waals surface area contributed by atoms with Crippen LogP contribution in [0.1, 0.15) is 6.92 Å². The fraction of sp³-hybridized carbons (Fsp3) is 0.143. The average Bonchev–Trinajstić information content (AvgIpc) is 2.38. The maximum absolute atomic E-state index is 5.60. The van der Waals surface area contributed by atoms with E-state index in [2.05, 4.69) is 0 Å². The molecule has 19 heavy (non-hydrogen) atoms. The van der Waals surface area contributed by atoms with E-state index in [9.17, 15) is 0 Å². The first-order chi connectivity index (χ1) is 9.04. The summed E-state index contributed by atoms with van der Waals surface area (Å²) in [5, 5.41) is 1.15. The molecular weight excluding hydrogens is 283 g/mol. The van der Waals surface area contributed by atoms with Crippen LogP contribution in [0.4, 0.5) is 11.4 Å². The number of ether oxygens (including phenoxy) is 1. The normalized spacial score (nSPS) is 9.42. The molecule has 2 aromatic carbocycles. The van der Waals surface area contributed by atoms with E-state index >= 15 is 0 Å². The third kappa shape index (κ3) is 5.28. The molecule has 0 aliphatic heterocycles. The van der Waals surface area contributed by atoms with Gasteiger partial charge in [-0.2, -0.15) is 0 Å². The molecule has 0 aliphatic rings. The van der Waals surface area contributed by atoms with Crippen molar-refractivity contribution < 1.29 is 4.74 Å². The number of nitrogens with two attached hydrogens (primary N) is 2. The minimum absolute atomic E-state index is 0.518. The third-order valence-corrected chi connectivity index (χ3v) is 2.76. The average molecular weight is 299 g/mol. The largest absolute Gasteiger partial charge is 0.492 e. The van der Waals surface area contributed by atoms with Crippen LogP contribution in [0.2, 0.25) is 10.0 Å². The van der Waals surface area contributed by atoms with Gasteiger partial charge in [-0.25, -0.2) is 0 Å². The molecule has 0 saturated heterocycles. The molecule has 4 N–H and O–H groups in total. The summed E-state index contributed by atoms with van der Waals surface area (Å²) in [6, 6.07) is 12.5. The van der Waals surface area contributed by atoms with E-state index in [1.54, 1.807) is 18.2 Å². The molecule has 3 nitrogen and oxygen atoms in total. The van der Waals surface area contributed by atoms with Crippen molar-refractivity contribution in [3.8, 4) is 5.75 Å². The van der Waals surface area contributed by atoms with E-state index in [0.717, 1.165) is 5.75 Å². The van der Waals surface area contributed by atoms with Crippen molar-refractivity contribution in [3.63, 3.8) is 0 Å². The second-order valence-electron chi connectivity index (χ2n) is 3.64. The van der Waals surface area contributed by atoms with Gasteiger partial charge in [-0.3, -0.25) is 0 Å². The summed E-state index contributed by atoms with van der Waals surface area (Å²) >= 11 is 11.2. The van der Waals surface area contributed by atoms with Crippen LogP contribution in [0.3, 0.4) is 0 Å². The molecule has 0 bridgehead atoms. The first-order valence-electron chi connectivity index (χ1n) is 5.72. The van der Waals surface area contributed by atoms with Crippen molar-refractivity contribution in [1.29, 1.82) is 0 Å². The Bertz CT molecular complexity index is 533. The Kier molecular flexibility index (Phi) is 6.33. The molecule has 102 valence electrons. The Morgan fingerprint density at radius 1 is 1.00 bits per heavy atom. The number of benzene rings is 2. The summed E-state index contributed by atoms with van der Waals surface area (Å²) in [5.74, 6) is 0.769. The van der Waals surface area contributed by atoms with Crippen LogP contribution in [0.15, 0.2) is 42.5 Å². The SMILES string of the molecule is CCOc1ccccc1N.Nc1cc(Cl)ccc1Cl. The van der Waals surface area contributed by atoms with Crippen molar-refractivity contribution >= 4 is 34.6 Å². The molecule has 0 saturated carbocycles. The first kappa shape index (κ1) is 15.5. The zero-order valence-electron chi connectivity index (χ0n) is 10.6. The summed E-state index contributed by atoms with van der Waals surface area (Å²) in [5.41, 5.74) is 12.2. The topological polar surface area (TPSA) is 61.3 Å². The van der Waals surface area contributed by atoms with E-state index in [1.165, 1.54) is 0 Å². The minimum atomic E-state index is 0.518. The third-order valence-electron chi connectivity index (χ3n) is 2.18. The van der Waals surface area contributed by atoms with Crippen LogP contribution in [-0.2, 0) is 0 Å². The van der Waals surface area contributed by atoms with Gasteiger partial charge in [-0.1, -0.05) is 35.3 Å². The van der Waals surface area contributed by atoms with Gasteiger partial charge in [0.15, 0.2) is 0 Å². The van der Waals surface area contributed by atoms with Gasteiger partial charge < -0.3 is 16.2 Å². The molecule has 2 aromatic rings. The molecule has 5 heteroatoms. The van der Waals surface area contributed by atoms with Gasteiger partial charge >= 0.3 is 0 Å². The maximum Gasteiger partial charge on any atom is 0.142 e. The Labute approximate surface area is 123 Å². The molecule has 0 radical (unpaired) electrons. The molecule has 0 aromatic heterocycles. The summed E-state index contributed by atoms with van der Waals surface area (Å²) in [6.07, 6.45) is 0. The van der Waals surface area contributed by atoms with Crippen LogP contribution >= 0.6 is 23.2 Å². The Hall–Kier alpha value is -1.58. The number of anilines is 2. The lowest BCUT2D eigenvalue weighted by Crippen LogP contribution is -1.95. The fourth-order valence-electron chi connectivity index (χ4n) is 1.28. The minimum Gasteiger partial charge on any atom is -0.492 e. The second kappa shape index (κ2) is 7.77. The van der Waals surface area contributed by atoms with Crippen molar-refractivity contribution in [2.75, 3.05) is 18.1 Å². The van der Waals surface area contributed by atoms with Gasteiger partial charge in [0.05, 0.1) is 23.0 Å². The predicted octanol–water partition coefficient (Wildman–Crippen LogP) is 4.24. The smallest absolute Gasteiger partial charge is 0.142 e. The second-order valence-corrected chi connectivity index (χ2v) is 4.48. The Balaban J connectivity index is 0.000000191. The lowest BCUT2D eigenvalue weighted by molar-refractivity contribution is 0.342. The highest BCUT2D eigenvalue weighted by Crippen LogP contribution is 2.21. The van der Waals surface area contributed by atoms with Crippen molar-refractivity contribution in [3.05, 3.63) is 52.5 Å². The van der Waals surface area contributed by atoms with E-state index < -0.39 is 0 Å². The highest BCUT2D eigenvalue weighted by Gasteiger charge is 1.94. The number of para-hydroxylation sites is 2. The van der Waals surface area contributed by atoms with Crippen LogP contribution in [0, 0.1) is 0 Å². The molecule has 2 rings (SSSR count). The fourth-order valence-corrected chi connectivity index (χ4v) is 1.58. The van der Waals surface area contributed by atoms with Gasteiger partial charge in [0.25, 0.3) is 0 Å². The maximum atomic E-state index is 5.60. The lowest BCUT2D eigenvalue weighted by Gasteiger charge is -2.04. The lowest BCUT2D eigenvalue weighted by atomic mass is 10.3. The molecule has 0 heterocycles. The molecule has 0 atom stereocenters. The van der Waals surface area contributed by atoms with Crippen LogP contribution in [0.25, 0.3) is 0 Å². The van der Waals surface area contributed by atoms with Gasteiger partial charge in [0.2, 0.25) is 0 Å². The van der Waals surface area contributed by atoms with Crippen molar-refractivity contribution in [2.24, 2.45) is 0 Å². The number of hydrogen-bond acceptors (Lipinski definition) is 3. The molecular formula is C14H16Cl2N2O. The van der Waals surface area contributed by atoms with Gasteiger partial charge in [-0.15, -0.1) is 0 Å². The molecule has 0 fully saturated rings. The van der Waals surface area contributed by atoms with Crippen LogP contribution in [0.5, 0.6) is 5.75 Å². The predicted molar refractivity (Wildman–Crippen MR) is 82.9 cm³/mol. The van der Waals surface area contributed by atoms with E-state index in [1.807, 2.05) is 31.2 Å². The van der Waals surface area contributed by atoms with Gasteiger partial charge in [0, 0.05) is 5.02 Å². The van der Waals surface area contributed by atoms with Gasteiger partial charge in [-0.05, 0) is 37.3 Å². The van der Waals surface area contributed by atoms with Crippen molar-refractivity contribution in [2.45, 2.75) is 6.92 Å². The molecule has 0 unspecified atom stereocenters. The summed E-state index contributed by atoms with van der Waals surface area (Å²) in [4.78, 5) is 0. The number of rotatable bonds is 2. The highest BCUT2D eigenvalue weighted by atomic mass is 35.5. The standard InChI is InChI=1S/C8H11NO.C6H5Cl2N/c1-2-10-8-6-4-3-5-7(8)9;7-4-1-2-5(8)6(9)3-4/h3-6H,2,9H2,1H3;1-3H,9H2. The van der Waals surface area contributed by atoms with Gasteiger partial charge in [0.1, 0.15) is 5.75 Å². The first-order valence-corrected chi connectivity index (χ1v) is 6.48. The quantitative estimate of drug-likeness (QED) is 0.815. The summed E-state index contributed by atoms with van der Waals surface area (Å²) < 4.78 is 5.21. The number of halogens is 2. The molecule has 0 aliphatic carbocycles. The Morgan fingerprint density at radius 2 is 1.68 bits per heavy atom. The van der Waals surface area contributed by atoms with E-state index in [-0.39, 0.29) is 0 Å². The number of hydrogen-bond donors (Lipinski definition) is 2. The molecule has 0 spiro atoms. The highest BCUT2D eigenvalue weighted by molar-refractivity contribution is 6.35. The molecule has 0 amide bonds. The van der Waals surface area contributed by atoms with Crippen molar-refractivity contribution in [1.82, 2.24) is 0 Å². The van der Waals surface area contributed by atoms with E-state index in [4.69, 9.17) is 39.4 Å². The number of nitrogen functional groups attached to an aromatic ring is 2.